The summed E-state index contributed by atoms with van der Waals surface area (Å²) in [7, 11) is 0. The smallest absolute Gasteiger partial charge is 0.0984 e. The maximum absolute atomic E-state index is 9.44. The average molecular weight is 240 g/mol. The molecule has 2 nitrogen and oxygen atoms in total. The maximum Gasteiger partial charge on any atom is 0.0984 e. The van der Waals surface area contributed by atoms with Gasteiger partial charge in [0.25, 0.3) is 0 Å². The average Bonchev–Trinajstić information content (AvgIpc) is 2.28. The second-order valence-corrected chi connectivity index (χ2v) is 5.89. The van der Waals surface area contributed by atoms with E-state index in [9.17, 15) is 5.11 Å². The molecule has 100 valence electrons. The first-order chi connectivity index (χ1) is 7.99. The second kappa shape index (κ2) is 7.05. The molecule has 0 aromatic heterocycles. The Bertz CT molecular complexity index is 227. The number of ether oxygens (including phenoxy) is 1. The van der Waals surface area contributed by atoms with Crippen molar-refractivity contribution >= 4 is 0 Å². The molecule has 1 atom stereocenters. The summed E-state index contributed by atoms with van der Waals surface area (Å²) in [5.41, 5.74) is 0. The zero-order valence-corrected chi connectivity index (χ0v) is 11.6. The van der Waals surface area contributed by atoms with Crippen LogP contribution in [-0.2, 0) is 4.74 Å². The predicted octanol–water partition coefficient (Wildman–Crippen LogP) is 3.89. The van der Waals surface area contributed by atoms with E-state index in [1.165, 1.54) is 6.42 Å². The van der Waals surface area contributed by atoms with Crippen LogP contribution in [0.2, 0.25) is 0 Å². The molecule has 17 heavy (non-hydrogen) atoms. The number of hydrogen-bond acceptors (Lipinski definition) is 2. The fourth-order valence-electron chi connectivity index (χ4n) is 2.24. The molecule has 0 spiro atoms. The van der Waals surface area contributed by atoms with Crippen molar-refractivity contribution in [3.05, 3.63) is 12.3 Å². The third-order valence-corrected chi connectivity index (χ3v) is 3.69. The Kier molecular flexibility index (Phi) is 6.04. The van der Waals surface area contributed by atoms with Crippen molar-refractivity contribution in [2.24, 2.45) is 11.8 Å². The van der Waals surface area contributed by atoms with Gasteiger partial charge in [-0.2, -0.15) is 0 Å². The third kappa shape index (κ3) is 5.58. The minimum atomic E-state index is -0.110. The summed E-state index contributed by atoms with van der Waals surface area (Å²) in [6, 6.07) is 0. The Morgan fingerprint density at radius 3 is 2.29 bits per heavy atom. The van der Waals surface area contributed by atoms with Crippen molar-refractivity contribution in [3.63, 3.8) is 0 Å². The topological polar surface area (TPSA) is 29.5 Å². The molecule has 1 unspecified atom stereocenters. The molecule has 1 fully saturated rings. The molecule has 1 saturated carbocycles. The standard InChI is InChI=1S/C15H28O2/c1-11(2)5-6-12(3)13(4)17-15-9-7-14(16)8-10-15/h11-12,14-16H,4-10H2,1-3H3. The van der Waals surface area contributed by atoms with Gasteiger partial charge in [-0.25, -0.2) is 0 Å². The summed E-state index contributed by atoms with van der Waals surface area (Å²) in [4.78, 5) is 0. The number of hydrogen-bond donors (Lipinski definition) is 1. The van der Waals surface area contributed by atoms with E-state index in [-0.39, 0.29) is 12.2 Å². The molecule has 0 bridgehead atoms. The molecule has 1 aliphatic rings. The van der Waals surface area contributed by atoms with Crippen LogP contribution >= 0.6 is 0 Å². The Morgan fingerprint density at radius 1 is 1.18 bits per heavy atom. The molecule has 1 N–H and O–H groups in total. The lowest BCUT2D eigenvalue weighted by Crippen LogP contribution is -2.25. The first-order valence-electron chi connectivity index (χ1n) is 7.02. The van der Waals surface area contributed by atoms with Crippen LogP contribution in [0, 0.1) is 11.8 Å². The van der Waals surface area contributed by atoms with Crippen molar-refractivity contribution in [1.82, 2.24) is 0 Å². The van der Waals surface area contributed by atoms with Crippen LogP contribution < -0.4 is 0 Å². The van der Waals surface area contributed by atoms with Crippen LogP contribution in [0.5, 0.6) is 0 Å². The number of allylic oxidation sites excluding steroid dienone is 1. The second-order valence-electron chi connectivity index (χ2n) is 5.89. The van der Waals surface area contributed by atoms with Crippen LogP contribution in [0.25, 0.3) is 0 Å². The first-order valence-corrected chi connectivity index (χ1v) is 7.02. The number of aliphatic hydroxyl groups excluding tert-OH is 1. The Labute approximate surface area is 106 Å². The molecule has 0 heterocycles. The van der Waals surface area contributed by atoms with Crippen LogP contribution in [0.3, 0.4) is 0 Å². The molecule has 0 saturated heterocycles. The van der Waals surface area contributed by atoms with Crippen molar-refractivity contribution in [2.45, 2.75) is 71.5 Å². The maximum atomic E-state index is 9.44. The van der Waals surface area contributed by atoms with Gasteiger partial charge in [-0.3, -0.25) is 0 Å². The van der Waals surface area contributed by atoms with Gasteiger partial charge in [-0.05, 0) is 38.0 Å². The van der Waals surface area contributed by atoms with Gasteiger partial charge in [-0.15, -0.1) is 0 Å². The van der Waals surface area contributed by atoms with Gasteiger partial charge in [-0.1, -0.05) is 33.8 Å². The van der Waals surface area contributed by atoms with E-state index in [1.807, 2.05) is 0 Å². The van der Waals surface area contributed by atoms with Crippen molar-refractivity contribution in [2.75, 3.05) is 0 Å². The summed E-state index contributed by atoms with van der Waals surface area (Å²) in [6.45, 7) is 10.8. The lowest BCUT2D eigenvalue weighted by molar-refractivity contribution is 0.0221. The highest BCUT2D eigenvalue weighted by atomic mass is 16.5. The molecule has 0 aliphatic heterocycles. The normalized spacial score (nSPS) is 26.9. The van der Waals surface area contributed by atoms with Gasteiger partial charge in [0.05, 0.1) is 18.0 Å². The Hall–Kier alpha value is -0.500. The van der Waals surface area contributed by atoms with E-state index in [0.29, 0.717) is 5.92 Å². The molecule has 1 rings (SSSR count). The molecular weight excluding hydrogens is 212 g/mol. The molecular formula is C15H28O2. The van der Waals surface area contributed by atoms with Gasteiger partial charge >= 0.3 is 0 Å². The predicted molar refractivity (Wildman–Crippen MR) is 71.7 cm³/mol. The van der Waals surface area contributed by atoms with E-state index in [0.717, 1.165) is 43.8 Å². The largest absolute Gasteiger partial charge is 0.495 e. The van der Waals surface area contributed by atoms with Crippen LogP contribution in [0.15, 0.2) is 12.3 Å². The molecule has 0 amide bonds. The monoisotopic (exact) mass is 240 g/mol. The van der Waals surface area contributed by atoms with Crippen LogP contribution in [-0.4, -0.2) is 17.3 Å². The number of aliphatic hydroxyl groups is 1. The highest BCUT2D eigenvalue weighted by molar-refractivity contribution is 4.91. The Balaban J connectivity index is 2.23. The quantitative estimate of drug-likeness (QED) is 0.714. The zero-order chi connectivity index (χ0) is 12.8. The fourth-order valence-corrected chi connectivity index (χ4v) is 2.24. The lowest BCUT2D eigenvalue weighted by atomic mass is 9.94. The van der Waals surface area contributed by atoms with E-state index < -0.39 is 0 Å². The molecule has 0 aromatic rings. The molecule has 0 aromatic carbocycles. The molecule has 1 aliphatic carbocycles. The summed E-state index contributed by atoms with van der Waals surface area (Å²) in [5.74, 6) is 2.13. The molecule has 0 radical (unpaired) electrons. The van der Waals surface area contributed by atoms with Crippen LogP contribution in [0.4, 0.5) is 0 Å². The van der Waals surface area contributed by atoms with Gasteiger partial charge in [0.1, 0.15) is 0 Å². The summed E-state index contributed by atoms with van der Waals surface area (Å²) in [5, 5.41) is 9.44. The van der Waals surface area contributed by atoms with E-state index in [4.69, 9.17) is 4.74 Å². The first kappa shape index (κ1) is 14.6. The van der Waals surface area contributed by atoms with Crippen LogP contribution in [0.1, 0.15) is 59.3 Å². The minimum Gasteiger partial charge on any atom is -0.495 e. The van der Waals surface area contributed by atoms with Gasteiger partial charge < -0.3 is 9.84 Å². The third-order valence-electron chi connectivity index (χ3n) is 3.69. The van der Waals surface area contributed by atoms with Crippen molar-refractivity contribution in [3.8, 4) is 0 Å². The highest BCUT2D eigenvalue weighted by Gasteiger charge is 2.22. The Morgan fingerprint density at radius 2 is 1.76 bits per heavy atom. The van der Waals surface area contributed by atoms with E-state index >= 15 is 0 Å². The SMILES string of the molecule is C=C(OC1CCC(O)CC1)C(C)CCC(C)C. The number of rotatable bonds is 6. The van der Waals surface area contributed by atoms with Crippen molar-refractivity contribution < 1.29 is 9.84 Å². The lowest BCUT2D eigenvalue weighted by Gasteiger charge is -2.28. The summed E-state index contributed by atoms with van der Waals surface area (Å²) < 4.78 is 5.93. The van der Waals surface area contributed by atoms with E-state index in [2.05, 4.69) is 27.4 Å². The molecule has 2 heteroatoms. The van der Waals surface area contributed by atoms with Gasteiger partial charge in [0, 0.05) is 5.92 Å². The van der Waals surface area contributed by atoms with Gasteiger partial charge in [0.2, 0.25) is 0 Å². The fraction of sp³-hybridized carbons (Fsp3) is 0.867. The minimum absolute atomic E-state index is 0.110. The van der Waals surface area contributed by atoms with E-state index in [1.54, 1.807) is 0 Å². The highest BCUT2D eigenvalue weighted by Crippen LogP contribution is 2.26. The summed E-state index contributed by atoms with van der Waals surface area (Å²) in [6.07, 6.45) is 6.25. The van der Waals surface area contributed by atoms with Gasteiger partial charge in [0.15, 0.2) is 0 Å². The van der Waals surface area contributed by atoms with Crippen molar-refractivity contribution in [1.29, 1.82) is 0 Å². The summed E-state index contributed by atoms with van der Waals surface area (Å²) >= 11 is 0. The zero-order valence-electron chi connectivity index (χ0n) is 11.6.